The molecule has 140 valence electrons. The normalized spacial score (nSPS) is 22.7. The molecule has 1 spiro atoms. The summed E-state index contributed by atoms with van der Waals surface area (Å²) in [5.41, 5.74) is 2.46. The molecular formula is C21H29N3OS. The molecule has 2 heterocycles. The number of nitrogens with zero attached hydrogens (tertiary/aromatic N) is 2. The summed E-state index contributed by atoms with van der Waals surface area (Å²) < 4.78 is 1.18. The third-order valence-electron chi connectivity index (χ3n) is 5.82. The second-order valence-corrected chi connectivity index (χ2v) is 10.6. The Kier molecular flexibility index (Phi) is 4.35. The number of aromatic nitrogens is 1. The van der Waals surface area contributed by atoms with Crippen LogP contribution in [-0.2, 0) is 4.79 Å². The molecule has 1 amide bonds. The number of fused-ring (bicyclic) bond motifs is 1. The van der Waals surface area contributed by atoms with Crippen LogP contribution < -0.4 is 5.32 Å². The minimum atomic E-state index is 0.187. The lowest BCUT2D eigenvalue weighted by Gasteiger charge is -2.36. The van der Waals surface area contributed by atoms with Crippen LogP contribution in [0.4, 0.5) is 5.69 Å². The third kappa shape index (κ3) is 3.65. The summed E-state index contributed by atoms with van der Waals surface area (Å²) in [4.78, 5) is 19.8. The number of nitrogens with one attached hydrogen (secondary N) is 1. The number of amides is 1. The van der Waals surface area contributed by atoms with Crippen molar-refractivity contribution in [3.63, 3.8) is 0 Å². The molecule has 2 aliphatic rings. The first-order valence-electron chi connectivity index (χ1n) is 9.65. The minimum Gasteiger partial charge on any atom is -0.326 e. The fraction of sp³-hybridized carbons (Fsp3) is 0.619. The average Bonchev–Trinajstić information content (AvgIpc) is 3.12. The summed E-state index contributed by atoms with van der Waals surface area (Å²) in [6, 6.07) is 6.06. The van der Waals surface area contributed by atoms with Gasteiger partial charge in [0.15, 0.2) is 0 Å². The number of hydrogen-bond acceptors (Lipinski definition) is 4. The van der Waals surface area contributed by atoms with E-state index in [1.807, 2.05) is 19.1 Å². The molecular weight excluding hydrogens is 342 g/mol. The Morgan fingerprint density at radius 3 is 2.77 bits per heavy atom. The first-order valence-corrected chi connectivity index (χ1v) is 10.5. The summed E-state index contributed by atoms with van der Waals surface area (Å²) in [6.07, 6.45) is 3.37. The highest BCUT2D eigenvalue weighted by Crippen LogP contribution is 2.59. The number of piperidine rings is 1. The summed E-state index contributed by atoms with van der Waals surface area (Å²) in [5, 5.41) is 4.20. The van der Waals surface area contributed by atoms with E-state index in [1.54, 1.807) is 11.3 Å². The van der Waals surface area contributed by atoms with Gasteiger partial charge in [-0.3, -0.25) is 4.79 Å². The molecule has 1 aromatic carbocycles. The van der Waals surface area contributed by atoms with Crippen molar-refractivity contribution in [3.8, 4) is 0 Å². The molecule has 0 radical (unpaired) electrons. The van der Waals surface area contributed by atoms with Gasteiger partial charge in [0.25, 0.3) is 0 Å². The van der Waals surface area contributed by atoms with Gasteiger partial charge in [-0.2, -0.15) is 0 Å². The van der Waals surface area contributed by atoms with Gasteiger partial charge in [-0.25, -0.2) is 4.98 Å². The van der Waals surface area contributed by atoms with Gasteiger partial charge in [0, 0.05) is 18.2 Å². The zero-order chi connectivity index (χ0) is 18.5. The lowest BCUT2D eigenvalue weighted by Crippen LogP contribution is -2.40. The maximum atomic E-state index is 12.8. The SMILES string of the molecule is Cc1nc2cc(NC(=O)[C@H]3CC34CCN(CC(C)(C)C)CC4)ccc2s1. The van der Waals surface area contributed by atoms with Gasteiger partial charge in [-0.15, -0.1) is 11.3 Å². The average molecular weight is 372 g/mol. The predicted octanol–water partition coefficient (Wildman–Crippen LogP) is 4.69. The maximum Gasteiger partial charge on any atom is 0.228 e. The monoisotopic (exact) mass is 371 g/mol. The van der Waals surface area contributed by atoms with Crippen molar-refractivity contribution in [1.29, 1.82) is 0 Å². The van der Waals surface area contributed by atoms with Crippen LogP contribution in [0.25, 0.3) is 10.2 Å². The van der Waals surface area contributed by atoms with Crippen molar-refractivity contribution in [2.75, 3.05) is 25.0 Å². The molecule has 1 aromatic heterocycles. The van der Waals surface area contributed by atoms with Crippen LogP contribution in [0.5, 0.6) is 0 Å². The second kappa shape index (κ2) is 6.31. The zero-order valence-corrected chi connectivity index (χ0v) is 17.1. The lowest BCUT2D eigenvalue weighted by atomic mass is 9.88. The highest BCUT2D eigenvalue weighted by atomic mass is 32.1. The molecule has 4 rings (SSSR count). The van der Waals surface area contributed by atoms with Gasteiger partial charge in [0.1, 0.15) is 0 Å². The van der Waals surface area contributed by atoms with Crippen LogP contribution in [0.15, 0.2) is 18.2 Å². The Hall–Kier alpha value is -1.46. The maximum absolute atomic E-state index is 12.8. The third-order valence-corrected chi connectivity index (χ3v) is 6.77. The van der Waals surface area contributed by atoms with Gasteiger partial charge in [0.2, 0.25) is 5.91 Å². The predicted molar refractivity (Wildman–Crippen MR) is 109 cm³/mol. The Labute approximate surface area is 160 Å². The molecule has 1 aliphatic carbocycles. The molecule has 1 N–H and O–H groups in total. The van der Waals surface area contributed by atoms with Crippen molar-refractivity contribution in [3.05, 3.63) is 23.2 Å². The van der Waals surface area contributed by atoms with Crippen molar-refractivity contribution in [2.24, 2.45) is 16.7 Å². The number of rotatable bonds is 3. The van der Waals surface area contributed by atoms with Crippen LogP contribution in [0.2, 0.25) is 0 Å². The van der Waals surface area contributed by atoms with E-state index in [9.17, 15) is 4.79 Å². The minimum absolute atomic E-state index is 0.187. The van der Waals surface area contributed by atoms with E-state index in [0.717, 1.165) is 55.1 Å². The van der Waals surface area contributed by atoms with E-state index in [-0.39, 0.29) is 17.2 Å². The Morgan fingerprint density at radius 1 is 1.35 bits per heavy atom. The van der Waals surface area contributed by atoms with Gasteiger partial charge in [-0.05, 0) is 68.3 Å². The van der Waals surface area contributed by atoms with Crippen LogP contribution in [0.3, 0.4) is 0 Å². The van der Waals surface area contributed by atoms with Crippen LogP contribution >= 0.6 is 11.3 Å². The number of carbonyl (C=O) groups is 1. The standard InChI is InChI=1S/C21H29N3OS/c1-14-22-17-11-15(5-6-18(17)26-14)23-19(25)16-12-21(16)7-9-24(10-8-21)13-20(2,3)4/h5-6,11,16H,7-10,12-13H2,1-4H3,(H,23,25)/t16-/m1/s1. The van der Waals surface area contributed by atoms with E-state index in [1.165, 1.54) is 4.70 Å². The molecule has 1 atom stereocenters. The van der Waals surface area contributed by atoms with Crippen LogP contribution in [-0.4, -0.2) is 35.4 Å². The largest absolute Gasteiger partial charge is 0.326 e. The number of thiazole rings is 1. The van der Waals surface area contributed by atoms with Crippen molar-refractivity contribution in [2.45, 2.75) is 47.0 Å². The van der Waals surface area contributed by atoms with Crippen LogP contribution in [0.1, 0.15) is 45.0 Å². The fourth-order valence-corrected chi connectivity index (χ4v) is 5.26. The molecule has 5 heteroatoms. The Bertz CT molecular complexity index is 827. The number of carbonyl (C=O) groups excluding carboxylic acids is 1. The number of hydrogen-bond donors (Lipinski definition) is 1. The zero-order valence-electron chi connectivity index (χ0n) is 16.3. The van der Waals surface area contributed by atoms with Gasteiger partial charge in [0.05, 0.1) is 15.2 Å². The molecule has 1 saturated carbocycles. The number of anilines is 1. The van der Waals surface area contributed by atoms with Gasteiger partial charge >= 0.3 is 0 Å². The van der Waals surface area contributed by atoms with Crippen molar-refractivity contribution in [1.82, 2.24) is 9.88 Å². The summed E-state index contributed by atoms with van der Waals surface area (Å²) in [6.45, 7) is 12.3. The van der Waals surface area contributed by atoms with Crippen molar-refractivity contribution < 1.29 is 4.79 Å². The van der Waals surface area contributed by atoms with E-state index >= 15 is 0 Å². The van der Waals surface area contributed by atoms with Gasteiger partial charge in [-0.1, -0.05) is 20.8 Å². The fourth-order valence-electron chi connectivity index (χ4n) is 4.45. The molecule has 1 saturated heterocycles. The summed E-state index contributed by atoms with van der Waals surface area (Å²) in [7, 11) is 0. The number of likely N-dealkylation sites (tertiary alicyclic amines) is 1. The molecule has 4 nitrogen and oxygen atoms in total. The van der Waals surface area contributed by atoms with E-state index in [0.29, 0.717) is 5.41 Å². The first-order chi connectivity index (χ1) is 12.2. The quantitative estimate of drug-likeness (QED) is 0.851. The lowest BCUT2D eigenvalue weighted by molar-refractivity contribution is -0.118. The summed E-state index contributed by atoms with van der Waals surface area (Å²) in [5.74, 6) is 0.382. The van der Waals surface area contributed by atoms with Gasteiger partial charge < -0.3 is 10.2 Å². The van der Waals surface area contributed by atoms with E-state index in [2.05, 4.69) is 42.0 Å². The summed E-state index contributed by atoms with van der Waals surface area (Å²) >= 11 is 1.69. The van der Waals surface area contributed by atoms with E-state index < -0.39 is 0 Å². The molecule has 1 aliphatic heterocycles. The number of aryl methyl sites for hydroxylation is 1. The Balaban J connectivity index is 1.35. The topological polar surface area (TPSA) is 45.2 Å². The molecule has 2 fully saturated rings. The highest BCUT2D eigenvalue weighted by Gasteiger charge is 2.58. The highest BCUT2D eigenvalue weighted by molar-refractivity contribution is 7.18. The first kappa shape index (κ1) is 17.9. The molecule has 26 heavy (non-hydrogen) atoms. The molecule has 0 unspecified atom stereocenters. The van der Waals surface area contributed by atoms with E-state index in [4.69, 9.17) is 0 Å². The second-order valence-electron chi connectivity index (χ2n) is 9.36. The molecule has 0 bridgehead atoms. The molecule has 2 aromatic rings. The number of benzene rings is 1. The smallest absolute Gasteiger partial charge is 0.228 e. The van der Waals surface area contributed by atoms with Crippen LogP contribution in [0, 0.1) is 23.7 Å². The van der Waals surface area contributed by atoms with Crippen molar-refractivity contribution >= 4 is 33.1 Å². The Morgan fingerprint density at radius 2 is 2.08 bits per heavy atom.